The zero-order valence-electron chi connectivity index (χ0n) is 16.3. The van der Waals surface area contributed by atoms with E-state index in [1.165, 1.54) is 6.07 Å². The van der Waals surface area contributed by atoms with Crippen molar-refractivity contribution in [3.63, 3.8) is 0 Å². The number of halogens is 1. The van der Waals surface area contributed by atoms with Crippen LogP contribution < -0.4 is 15.0 Å². The van der Waals surface area contributed by atoms with Gasteiger partial charge in [-0.3, -0.25) is 9.59 Å². The van der Waals surface area contributed by atoms with Gasteiger partial charge in [-0.05, 0) is 48.9 Å². The quantitative estimate of drug-likeness (QED) is 0.649. The van der Waals surface area contributed by atoms with Gasteiger partial charge in [0.15, 0.2) is 11.6 Å². The van der Waals surface area contributed by atoms with Gasteiger partial charge >= 0.3 is 0 Å². The summed E-state index contributed by atoms with van der Waals surface area (Å²) >= 11 is 0. The molecule has 0 aromatic heterocycles. The number of carbonyl (C=O) groups is 2. The topological polar surface area (TPSA) is 58.6 Å². The minimum absolute atomic E-state index is 0.110. The highest BCUT2D eigenvalue weighted by atomic mass is 19.1. The molecule has 152 valence electrons. The Bertz CT molecular complexity index is 1070. The summed E-state index contributed by atoms with van der Waals surface area (Å²) in [6, 6.07) is 20.3. The average molecular weight is 404 g/mol. The van der Waals surface area contributed by atoms with Gasteiger partial charge in [0.2, 0.25) is 5.91 Å². The van der Waals surface area contributed by atoms with Gasteiger partial charge in [-0.1, -0.05) is 30.3 Å². The smallest absolute Gasteiger partial charge is 0.251 e. The number of rotatable bonds is 6. The van der Waals surface area contributed by atoms with Gasteiger partial charge in [0.05, 0.1) is 0 Å². The van der Waals surface area contributed by atoms with Crippen LogP contribution in [0.25, 0.3) is 0 Å². The predicted molar refractivity (Wildman–Crippen MR) is 112 cm³/mol. The number of nitrogens with one attached hydrogen (secondary N) is 1. The molecule has 0 spiro atoms. The first-order valence-electron chi connectivity index (χ1n) is 9.81. The third kappa shape index (κ3) is 4.33. The highest BCUT2D eigenvalue weighted by Crippen LogP contribution is 2.27. The first-order valence-corrected chi connectivity index (χ1v) is 9.81. The molecule has 0 radical (unpaired) electrons. The number of carbonyl (C=O) groups excluding carboxylic acids is 2. The molecule has 0 aliphatic carbocycles. The number of amides is 2. The van der Waals surface area contributed by atoms with Crippen molar-refractivity contribution < 1.29 is 18.7 Å². The van der Waals surface area contributed by atoms with Gasteiger partial charge in [0.1, 0.15) is 5.75 Å². The lowest BCUT2D eigenvalue weighted by atomic mass is 10.1. The van der Waals surface area contributed by atoms with Crippen LogP contribution in [0.2, 0.25) is 0 Å². The fourth-order valence-corrected chi connectivity index (χ4v) is 3.39. The minimum atomic E-state index is -0.451. The van der Waals surface area contributed by atoms with Crippen LogP contribution in [0.3, 0.4) is 0 Å². The molecule has 2 amide bonds. The van der Waals surface area contributed by atoms with E-state index < -0.39 is 5.82 Å². The molecule has 0 saturated carbocycles. The standard InChI is InChI=1S/C24H21FN2O3/c25-20-7-2-4-9-22(20)30-21-8-3-1-6-18(21)16-26-24(29)17-11-13-19(14-12-17)27-15-5-10-23(27)28/h1-4,6-9,11-14H,5,10,15-16H2,(H,26,29). The summed E-state index contributed by atoms with van der Waals surface area (Å²) < 4.78 is 19.6. The lowest BCUT2D eigenvalue weighted by Crippen LogP contribution is -2.25. The van der Waals surface area contributed by atoms with Crippen LogP contribution in [0.15, 0.2) is 72.8 Å². The SMILES string of the molecule is O=C(NCc1ccccc1Oc1ccccc1F)c1ccc(N2CCCC2=O)cc1. The van der Waals surface area contributed by atoms with Crippen LogP contribution in [-0.4, -0.2) is 18.4 Å². The summed E-state index contributed by atoms with van der Waals surface area (Å²) in [6.07, 6.45) is 1.42. The maximum absolute atomic E-state index is 13.9. The van der Waals surface area contributed by atoms with E-state index in [1.807, 2.05) is 12.1 Å². The number of hydrogen-bond acceptors (Lipinski definition) is 3. The fourth-order valence-electron chi connectivity index (χ4n) is 3.39. The maximum atomic E-state index is 13.9. The molecule has 3 aromatic rings. The van der Waals surface area contributed by atoms with Crippen molar-refractivity contribution >= 4 is 17.5 Å². The Hall–Kier alpha value is -3.67. The van der Waals surface area contributed by atoms with E-state index in [9.17, 15) is 14.0 Å². The number of anilines is 1. The Morgan fingerprint density at radius 1 is 0.967 bits per heavy atom. The second kappa shape index (κ2) is 8.78. The van der Waals surface area contributed by atoms with E-state index in [1.54, 1.807) is 59.5 Å². The van der Waals surface area contributed by atoms with Crippen LogP contribution in [0.4, 0.5) is 10.1 Å². The molecule has 1 saturated heterocycles. The van der Waals surface area contributed by atoms with Crippen molar-refractivity contribution in [2.45, 2.75) is 19.4 Å². The first kappa shape index (κ1) is 19.6. The molecular weight excluding hydrogens is 383 g/mol. The van der Waals surface area contributed by atoms with Crippen LogP contribution >= 0.6 is 0 Å². The molecule has 0 atom stereocenters. The second-order valence-electron chi connectivity index (χ2n) is 7.02. The van der Waals surface area contributed by atoms with E-state index in [0.717, 1.165) is 17.7 Å². The predicted octanol–water partition coefficient (Wildman–Crippen LogP) is 4.67. The molecule has 1 heterocycles. The summed E-state index contributed by atoms with van der Waals surface area (Å²) in [5, 5.41) is 2.86. The van der Waals surface area contributed by atoms with E-state index in [4.69, 9.17) is 4.74 Å². The third-order valence-corrected chi connectivity index (χ3v) is 4.98. The zero-order valence-corrected chi connectivity index (χ0v) is 16.3. The molecular formula is C24H21FN2O3. The molecule has 1 aliphatic heterocycles. The summed E-state index contributed by atoms with van der Waals surface area (Å²) in [5.74, 6) is 0.0238. The highest BCUT2D eigenvalue weighted by Gasteiger charge is 2.21. The van der Waals surface area contributed by atoms with Crippen molar-refractivity contribution in [1.82, 2.24) is 5.32 Å². The molecule has 6 heteroatoms. The van der Waals surface area contributed by atoms with E-state index in [2.05, 4.69) is 5.32 Å². The van der Waals surface area contributed by atoms with Crippen molar-refractivity contribution in [1.29, 1.82) is 0 Å². The molecule has 4 rings (SSSR count). The molecule has 0 bridgehead atoms. The van der Waals surface area contributed by atoms with Crippen LogP contribution in [0.5, 0.6) is 11.5 Å². The Morgan fingerprint density at radius 3 is 2.37 bits per heavy atom. The molecule has 0 unspecified atom stereocenters. The van der Waals surface area contributed by atoms with Crippen LogP contribution in [0.1, 0.15) is 28.8 Å². The monoisotopic (exact) mass is 404 g/mol. The number of benzene rings is 3. The molecule has 1 N–H and O–H groups in total. The number of ether oxygens (including phenoxy) is 1. The van der Waals surface area contributed by atoms with E-state index in [-0.39, 0.29) is 24.1 Å². The molecule has 1 aliphatic rings. The van der Waals surface area contributed by atoms with Gasteiger partial charge in [-0.25, -0.2) is 4.39 Å². The van der Waals surface area contributed by atoms with Crippen molar-refractivity contribution in [3.05, 3.63) is 89.7 Å². The maximum Gasteiger partial charge on any atom is 0.251 e. The van der Waals surface area contributed by atoms with E-state index in [0.29, 0.717) is 24.3 Å². The van der Waals surface area contributed by atoms with Crippen molar-refractivity contribution in [2.75, 3.05) is 11.4 Å². The Labute approximate surface area is 174 Å². The number of para-hydroxylation sites is 2. The Morgan fingerprint density at radius 2 is 1.67 bits per heavy atom. The normalized spacial score (nSPS) is 13.4. The lowest BCUT2D eigenvalue weighted by molar-refractivity contribution is -0.117. The zero-order chi connectivity index (χ0) is 20.9. The van der Waals surface area contributed by atoms with Gasteiger partial charge in [0, 0.05) is 36.3 Å². The number of nitrogens with zero attached hydrogens (tertiary/aromatic N) is 1. The third-order valence-electron chi connectivity index (χ3n) is 4.98. The van der Waals surface area contributed by atoms with Crippen LogP contribution in [0, 0.1) is 5.82 Å². The second-order valence-corrected chi connectivity index (χ2v) is 7.02. The molecule has 5 nitrogen and oxygen atoms in total. The Kier molecular flexibility index (Phi) is 5.75. The summed E-state index contributed by atoms with van der Waals surface area (Å²) in [6.45, 7) is 0.943. The van der Waals surface area contributed by atoms with Gasteiger partial charge in [-0.15, -0.1) is 0 Å². The highest BCUT2D eigenvalue weighted by molar-refractivity contribution is 5.97. The summed E-state index contributed by atoms with van der Waals surface area (Å²) in [4.78, 5) is 26.1. The van der Waals surface area contributed by atoms with Crippen LogP contribution in [-0.2, 0) is 11.3 Å². The van der Waals surface area contributed by atoms with Crippen molar-refractivity contribution in [2.24, 2.45) is 0 Å². The summed E-state index contributed by atoms with van der Waals surface area (Å²) in [7, 11) is 0. The lowest BCUT2D eigenvalue weighted by Gasteiger charge is -2.16. The molecule has 3 aromatic carbocycles. The van der Waals surface area contributed by atoms with E-state index >= 15 is 0 Å². The largest absolute Gasteiger partial charge is 0.454 e. The molecule has 1 fully saturated rings. The minimum Gasteiger partial charge on any atom is -0.454 e. The Balaban J connectivity index is 1.42. The van der Waals surface area contributed by atoms with Gasteiger partial charge < -0.3 is 15.0 Å². The van der Waals surface area contributed by atoms with Gasteiger partial charge in [-0.2, -0.15) is 0 Å². The molecule has 30 heavy (non-hydrogen) atoms. The summed E-state index contributed by atoms with van der Waals surface area (Å²) in [5.41, 5.74) is 2.03. The van der Waals surface area contributed by atoms with Crippen molar-refractivity contribution in [3.8, 4) is 11.5 Å². The fraction of sp³-hybridized carbons (Fsp3) is 0.167. The average Bonchev–Trinajstić information content (AvgIpc) is 3.20. The number of hydrogen-bond donors (Lipinski definition) is 1. The first-order chi connectivity index (χ1) is 14.6. The van der Waals surface area contributed by atoms with Gasteiger partial charge in [0.25, 0.3) is 5.91 Å².